The summed E-state index contributed by atoms with van der Waals surface area (Å²) in [4.78, 5) is 2.53. The first-order valence-corrected chi connectivity index (χ1v) is 9.09. The highest BCUT2D eigenvalue weighted by atomic mass is 79.9. The van der Waals surface area contributed by atoms with Crippen molar-refractivity contribution in [2.24, 2.45) is 5.92 Å². The van der Waals surface area contributed by atoms with E-state index in [0.717, 1.165) is 23.4 Å². The van der Waals surface area contributed by atoms with Crippen LogP contribution in [-0.4, -0.2) is 32.1 Å². The molecule has 1 atom stereocenters. The van der Waals surface area contributed by atoms with Crippen molar-refractivity contribution in [2.45, 2.75) is 44.6 Å². The van der Waals surface area contributed by atoms with E-state index in [1.165, 1.54) is 44.2 Å². The maximum absolute atomic E-state index is 3.57. The molecule has 1 aliphatic rings. The first-order chi connectivity index (χ1) is 10.2. The van der Waals surface area contributed by atoms with Gasteiger partial charge in [0, 0.05) is 17.1 Å². The highest BCUT2D eigenvalue weighted by Crippen LogP contribution is 2.25. The fourth-order valence-electron chi connectivity index (χ4n) is 3.45. The predicted octanol–water partition coefficient (Wildman–Crippen LogP) is 4.61. The van der Waals surface area contributed by atoms with Crippen LogP contribution in [0.5, 0.6) is 0 Å². The number of nitrogens with zero attached hydrogens (tertiary/aromatic N) is 1. The van der Waals surface area contributed by atoms with Crippen LogP contribution < -0.4 is 5.32 Å². The van der Waals surface area contributed by atoms with E-state index in [0.29, 0.717) is 6.04 Å². The van der Waals surface area contributed by atoms with Gasteiger partial charge in [-0.05, 0) is 63.5 Å². The van der Waals surface area contributed by atoms with Gasteiger partial charge in [0.15, 0.2) is 0 Å². The van der Waals surface area contributed by atoms with Crippen molar-refractivity contribution in [3.05, 3.63) is 34.3 Å². The number of hydrogen-bond donors (Lipinski definition) is 1. The van der Waals surface area contributed by atoms with Crippen molar-refractivity contribution in [1.82, 2.24) is 10.2 Å². The highest BCUT2D eigenvalue weighted by Gasteiger charge is 2.16. The van der Waals surface area contributed by atoms with Crippen molar-refractivity contribution in [3.63, 3.8) is 0 Å². The maximum Gasteiger partial charge on any atom is 0.0330 e. The minimum absolute atomic E-state index is 0.441. The average Bonchev–Trinajstić information content (AvgIpc) is 2.49. The van der Waals surface area contributed by atoms with Gasteiger partial charge < -0.3 is 10.2 Å². The Balaban J connectivity index is 1.79. The third-order valence-electron chi connectivity index (χ3n) is 4.69. The average molecular weight is 353 g/mol. The molecule has 118 valence electrons. The lowest BCUT2D eigenvalue weighted by Crippen LogP contribution is -2.30. The standard InChI is InChI=1S/C18H29BrN2/c1-20-18(16-9-6-10-17(19)13-16)11-12-21(2)14-15-7-4-3-5-8-15/h6,9-10,13,15,18,20H,3-5,7-8,11-12,14H2,1-2H3. The first-order valence-electron chi connectivity index (χ1n) is 8.30. The summed E-state index contributed by atoms with van der Waals surface area (Å²) in [5, 5.41) is 3.46. The minimum Gasteiger partial charge on any atom is -0.313 e. The number of benzene rings is 1. The van der Waals surface area contributed by atoms with Crippen molar-refractivity contribution < 1.29 is 0 Å². The maximum atomic E-state index is 3.57. The van der Waals surface area contributed by atoms with Gasteiger partial charge in [0.2, 0.25) is 0 Å². The van der Waals surface area contributed by atoms with Crippen molar-refractivity contribution in [1.29, 1.82) is 0 Å². The van der Waals surface area contributed by atoms with Gasteiger partial charge in [0.05, 0.1) is 0 Å². The molecule has 1 fully saturated rings. The molecule has 1 saturated carbocycles. The van der Waals surface area contributed by atoms with Gasteiger partial charge in [-0.3, -0.25) is 0 Å². The minimum atomic E-state index is 0.441. The molecule has 0 amide bonds. The van der Waals surface area contributed by atoms with Crippen molar-refractivity contribution in [3.8, 4) is 0 Å². The van der Waals surface area contributed by atoms with Gasteiger partial charge in [-0.15, -0.1) is 0 Å². The fourth-order valence-corrected chi connectivity index (χ4v) is 3.87. The summed E-state index contributed by atoms with van der Waals surface area (Å²) < 4.78 is 1.16. The predicted molar refractivity (Wildman–Crippen MR) is 94.6 cm³/mol. The number of nitrogens with one attached hydrogen (secondary N) is 1. The third-order valence-corrected chi connectivity index (χ3v) is 5.19. The van der Waals surface area contributed by atoms with E-state index in [1.54, 1.807) is 0 Å². The van der Waals surface area contributed by atoms with E-state index < -0.39 is 0 Å². The molecule has 1 aromatic rings. The van der Waals surface area contributed by atoms with Crippen LogP contribution in [0.15, 0.2) is 28.7 Å². The van der Waals surface area contributed by atoms with Crippen LogP contribution in [-0.2, 0) is 0 Å². The van der Waals surface area contributed by atoms with Gasteiger partial charge in [0.25, 0.3) is 0 Å². The van der Waals surface area contributed by atoms with Crippen LogP contribution in [0.3, 0.4) is 0 Å². The molecule has 3 heteroatoms. The molecule has 0 saturated heterocycles. The van der Waals surface area contributed by atoms with Crippen LogP contribution >= 0.6 is 15.9 Å². The largest absolute Gasteiger partial charge is 0.313 e. The second kappa shape index (κ2) is 8.92. The Morgan fingerprint density at radius 1 is 1.29 bits per heavy atom. The lowest BCUT2D eigenvalue weighted by Gasteiger charge is -2.28. The van der Waals surface area contributed by atoms with Gasteiger partial charge in [-0.1, -0.05) is 47.3 Å². The molecule has 0 radical (unpaired) electrons. The number of halogens is 1. The summed E-state index contributed by atoms with van der Waals surface area (Å²) in [5.41, 5.74) is 1.37. The summed E-state index contributed by atoms with van der Waals surface area (Å²) in [7, 11) is 4.34. The summed E-state index contributed by atoms with van der Waals surface area (Å²) in [6, 6.07) is 9.09. The van der Waals surface area contributed by atoms with E-state index in [9.17, 15) is 0 Å². The van der Waals surface area contributed by atoms with E-state index in [-0.39, 0.29) is 0 Å². The Morgan fingerprint density at radius 3 is 2.71 bits per heavy atom. The van der Waals surface area contributed by atoms with Crippen LogP contribution in [0.25, 0.3) is 0 Å². The monoisotopic (exact) mass is 352 g/mol. The van der Waals surface area contributed by atoms with Crippen molar-refractivity contribution >= 4 is 15.9 Å². The van der Waals surface area contributed by atoms with E-state index in [1.807, 2.05) is 0 Å². The summed E-state index contributed by atoms with van der Waals surface area (Å²) >= 11 is 3.57. The van der Waals surface area contributed by atoms with Gasteiger partial charge in [-0.25, -0.2) is 0 Å². The molecule has 0 aliphatic heterocycles. The Bertz CT molecular complexity index is 415. The molecule has 1 aromatic carbocycles. The smallest absolute Gasteiger partial charge is 0.0330 e. The van der Waals surface area contributed by atoms with Crippen molar-refractivity contribution in [2.75, 3.05) is 27.2 Å². The fraction of sp³-hybridized carbons (Fsp3) is 0.667. The topological polar surface area (TPSA) is 15.3 Å². The normalized spacial score (nSPS) is 18.1. The second-order valence-corrected chi connectivity index (χ2v) is 7.37. The Morgan fingerprint density at radius 2 is 2.05 bits per heavy atom. The second-order valence-electron chi connectivity index (χ2n) is 6.45. The first kappa shape index (κ1) is 17.0. The van der Waals surface area contributed by atoms with Crippen LogP contribution in [0, 0.1) is 5.92 Å². The lowest BCUT2D eigenvalue weighted by atomic mass is 9.89. The molecular formula is C18H29BrN2. The molecule has 2 nitrogen and oxygen atoms in total. The van der Waals surface area contributed by atoms with Crippen LogP contribution in [0.2, 0.25) is 0 Å². The summed E-state index contributed by atoms with van der Waals surface area (Å²) in [6.07, 6.45) is 8.36. The van der Waals surface area contributed by atoms with Crippen LogP contribution in [0.1, 0.15) is 50.1 Å². The van der Waals surface area contributed by atoms with E-state index in [4.69, 9.17) is 0 Å². The zero-order chi connectivity index (χ0) is 15.1. The van der Waals surface area contributed by atoms with Gasteiger partial charge >= 0.3 is 0 Å². The quantitative estimate of drug-likeness (QED) is 0.770. The SMILES string of the molecule is CNC(CCN(C)CC1CCCCC1)c1cccc(Br)c1. The highest BCUT2D eigenvalue weighted by molar-refractivity contribution is 9.10. The third kappa shape index (κ3) is 5.72. The van der Waals surface area contributed by atoms with Gasteiger partial charge in [0.1, 0.15) is 0 Å². The molecule has 0 aromatic heterocycles. The van der Waals surface area contributed by atoms with Gasteiger partial charge in [-0.2, -0.15) is 0 Å². The molecule has 0 spiro atoms. The van der Waals surface area contributed by atoms with Crippen LogP contribution in [0.4, 0.5) is 0 Å². The Kier molecular flexibility index (Phi) is 7.21. The Labute approximate surface area is 138 Å². The number of rotatable bonds is 7. The molecule has 1 unspecified atom stereocenters. The number of hydrogen-bond acceptors (Lipinski definition) is 2. The molecule has 2 rings (SSSR count). The van der Waals surface area contributed by atoms with E-state index in [2.05, 4.69) is 64.5 Å². The zero-order valence-corrected chi connectivity index (χ0v) is 15.0. The summed E-state index contributed by atoms with van der Waals surface area (Å²) in [6.45, 7) is 2.43. The molecule has 0 heterocycles. The molecular weight excluding hydrogens is 324 g/mol. The van der Waals surface area contributed by atoms with E-state index >= 15 is 0 Å². The molecule has 1 N–H and O–H groups in total. The lowest BCUT2D eigenvalue weighted by molar-refractivity contribution is 0.225. The molecule has 0 bridgehead atoms. The molecule has 1 aliphatic carbocycles. The summed E-state index contributed by atoms with van der Waals surface area (Å²) in [5.74, 6) is 0.933. The molecule has 21 heavy (non-hydrogen) atoms. The zero-order valence-electron chi connectivity index (χ0n) is 13.4. The Hall–Kier alpha value is -0.380.